The Morgan fingerprint density at radius 1 is 1.39 bits per heavy atom. The Balaban J connectivity index is 2.11. The van der Waals surface area contributed by atoms with Gasteiger partial charge in [-0.1, -0.05) is 6.07 Å². The maximum absolute atomic E-state index is 13.1. The number of nitro groups is 1. The third-order valence-corrected chi connectivity index (χ3v) is 2.36. The zero-order valence-electron chi connectivity index (χ0n) is 9.34. The Morgan fingerprint density at radius 3 is 2.89 bits per heavy atom. The molecule has 2 rings (SSSR count). The van der Waals surface area contributed by atoms with E-state index in [0.717, 1.165) is 11.6 Å². The average molecular weight is 247 g/mol. The minimum atomic E-state index is -0.841. The topological polar surface area (TPSA) is 68.1 Å². The van der Waals surface area contributed by atoms with Crippen LogP contribution in [0.15, 0.2) is 42.7 Å². The summed E-state index contributed by atoms with van der Waals surface area (Å²) >= 11 is 0. The summed E-state index contributed by atoms with van der Waals surface area (Å²) in [5.41, 5.74) is 0.891. The van der Waals surface area contributed by atoms with E-state index in [2.05, 4.69) is 10.3 Å². The molecule has 0 aliphatic heterocycles. The molecule has 0 spiro atoms. The highest BCUT2D eigenvalue weighted by Crippen LogP contribution is 2.21. The molecule has 6 heteroatoms. The van der Waals surface area contributed by atoms with Crippen molar-refractivity contribution in [1.82, 2.24) is 4.98 Å². The van der Waals surface area contributed by atoms with Crippen molar-refractivity contribution in [2.24, 2.45) is 0 Å². The number of nitro benzene ring substituents is 1. The van der Waals surface area contributed by atoms with E-state index in [4.69, 9.17) is 0 Å². The highest BCUT2D eigenvalue weighted by molar-refractivity contribution is 5.51. The van der Waals surface area contributed by atoms with Crippen molar-refractivity contribution in [3.8, 4) is 0 Å². The van der Waals surface area contributed by atoms with Crippen LogP contribution in [-0.4, -0.2) is 9.91 Å². The molecule has 0 aliphatic carbocycles. The van der Waals surface area contributed by atoms with Gasteiger partial charge in [0.25, 0.3) is 0 Å². The first kappa shape index (κ1) is 12.0. The zero-order valence-corrected chi connectivity index (χ0v) is 9.34. The summed E-state index contributed by atoms with van der Waals surface area (Å²) in [4.78, 5) is 13.8. The third kappa shape index (κ3) is 2.79. The smallest absolute Gasteiger partial charge is 0.306 e. The molecule has 0 amide bonds. The van der Waals surface area contributed by atoms with Gasteiger partial charge in [0.2, 0.25) is 5.82 Å². The number of nitrogens with one attached hydrogen (secondary N) is 1. The van der Waals surface area contributed by atoms with Crippen LogP contribution in [0.5, 0.6) is 0 Å². The van der Waals surface area contributed by atoms with Gasteiger partial charge >= 0.3 is 5.69 Å². The van der Waals surface area contributed by atoms with Crippen LogP contribution in [0.2, 0.25) is 0 Å². The third-order valence-electron chi connectivity index (χ3n) is 2.36. The number of hydrogen-bond acceptors (Lipinski definition) is 4. The van der Waals surface area contributed by atoms with Gasteiger partial charge < -0.3 is 5.32 Å². The molecule has 1 heterocycles. The summed E-state index contributed by atoms with van der Waals surface area (Å²) in [6.07, 6.45) is 3.34. The van der Waals surface area contributed by atoms with E-state index >= 15 is 0 Å². The fourth-order valence-corrected chi connectivity index (χ4v) is 1.47. The Bertz CT molecular complexity index is 561. The second-order valence-electron chi connectivity index (χ2n) is 3.64. The van der Waals surface area contributed by atoms with Crippen molar-refractivity contribution >= 4 is 11.4 Å². The minimum Gasteiger partial charge on any atom is -0.381 e. The summed E-state index contributed by atoms with van der Waals surface area (Å²) in [5.74, 6) is -0.841. The highest BCUT2D eigenvalue weighted by atomic mass is 19.1. The molecule has 1 aromatic heterocycles. The monoisotopic (exact) mass is 247 g/mol. The number of hydrogen-bond donors (Lipinski definition) is 1. The van der Waals surface area contributed by atoms with Crippen LogP contribution in [0, 0.1) is 15.9 Å². The second-order valence-corrected chi connectivity index (χ2v) is 3.64. The summed E-state index contributed by atoms with van der Waals surface area (Å²) in [6.45, 7) is 0.469. The lowest BCUT2D eigenvalue weighted by Gasteiger charge is -2.06. The molecule has 1 N–H and O–H groups in total. The maximum atomic E-state index is 13.1. The molecular weight excluding hydrogens is 237 g/mol. The van der Waals surface area contributed by atoms with E-state index in [0.29, 0.717) is 12.2 Å². The molecule has 0 aliphatic rings. The first-order chi connectivity index (χ1) is 8.66. The van der Waals surface area contributed by atoms with Crippen molar-refractivity contribution in [1.29, 1.82) is 0 Å². The van der Waals surface area contributed by atoms with Gasteiger partial charge in [0.15, 0.2) is 0 Å². The van der Waals surface area contributed by atoms with Crippen molar-refractivity contribution in [3.63, 3.8) is 0 Å². The van der Waals surface area contributed by atoms with Crippen LogP contribution < -0.4 is 5.32 Å². The normalized spacial score (nSPS) is 10.1. The van der Waals surface area contributed by atoms with Crippen LogP contribution in [0.3, 0.4) is 0 Å². The summed E-state index contributed by atoms with van der Waals surface area (Å²) in [7, 11) is 0. The molecule has 0 fully saturated rings. The molecule has 2 aromatic rings. The molecule has 0 radical (unpaired) electrons. The van der Waals surface area contributed by atoms with E-state index in [-0.39, 0.29) is 0 Å². The first-order valence-corrected chi connectivity index (χ1v) is 5.23. The maximum Gasteiger partial charge on any atom is 0.306 e. The summed E-state index contributed by atoms with van der Waals surface area (Å²) < 4.78 is 13.1. The van der Waals surface area contributed by atoms with Crippen molar-refractivity contribution in [2.45, 2.75) is 6.54 Å². The van der Waals surface area contributed by atoms with E-state index in [1.165, 1.54) is 12.1 Å². The van der Waals surface area contributed by atoms with Crippen LogP contribution in [0.4, 0.5) is 15.8 Å². The van der Waals surface area contributed by atoms with Gasteiger partial charge in [-0.3, -0.25) is 15.1 Å². The van der Waals surface area contributed by atoms with Crippen molar-refractivity contribution < 1.29 is 9.31 Å². The lowest BCUT2D eigenvalue weighted by Crippen LogP contribution is -2.01. The Kier molecular flexibility index (Phi) is 3.47. The first-order valence-electron chi connectivity index (χ1n) is 5.23. The molecule has 0 bridgehead atoms. The predicted molar refractivity (Wildman–Crippen MR) is 64.6 cm³/mol. The van der Waals surface area contributed by atoms with Gasteiger partial charge in [-0.25, -0.2) is 0 Å². The standard InChI is InChI=1S/C12H10FN3O2/c13-11-4-3-10(6-12(11)16(17)18)15-8-9-2-1-5-14-7-9/h1-7,15H,8H2. The van der Waals surface area contributed by atoms with Crippen LogP contribution >= 0.6 is 0 Å². The number of anilines is 1. The van der Waals surface area contributed by atoms with Gasteiger partial charge in [0.1, 0.15) is 0 Å². The Labute approximate surface area is 102 Å². The summed E-state index contributed by atoms with van der Waals surface area (Å²) in [5, 5.41) is 13.5. The largest absolute Gasteiger partial charge is 0.381 e. The van der Waals surface area contributed by atoms with Gasteiger partial charge in [-0.15, -0.1) is 0 Å². The molecule has 92 valence electrons. The van der Waals surface area contributed by atoms with Gasteiger partial charge in [0, 0.05) is 30.7 Å². The molecular formula is C12H10FN3O2. The number of halogens is 1. The lowest BCUT2D eigenvalue weighted by atomic mass is 10.2. The second kappa shape index (κ2) is 5.22. The molecule has 0 unspecified atom stereocenters. The minimum absolute atomic E-state index is 0.469. The number of aromatic nitrogens is 1. The molecule has 0 saturated carbocycles. The van der Waals surface area contributed by atoms with E-state index in [1.54, 1.807) is 18.5 Å². The van der Waals surface area contributed by atoms with Crippen LogP contribution in [0.1, 0.15) is 5.56 Å². The van der Waals surface area contributed by atoms with E-state index in [9.17, 15) is 14.5 Å². The fourth-order valence-electron chi connectivity index (χ4n) is 1.47. The van der Waals surface area contributed by atoms with Crippen LogP contribution in [0.25, 0.3) is 0 Å². The molecule has 1 aromatic carbocycles. The molecule has 5 nitrogen and oxygen atoms in total. The molecule has 18 heavy (non-hydrogen) atoms. The molecule has 0 atom stereocenters. The zero-order chi connectivity index (χ0) is 13.0. The number of nitrogens with zero attached hydrogens (tertiary/aromatic N) is 2. The number of pyridine rings is 1. The Morgan fingerprint density at radius 2 is 2.22 bits per heavy atom. The number of rotatable bonds is 4. The fraction of sp³-hybridized carbons (Fsp3) is 0.0833. The quantitative estimate of drug-likeness (QED) is 0.666. The summed E-state index contributed by atoms with van der Waals surface area (Å²) in [6, 6.07) is 7.37. The predicted octanol–water partition coefficient (Wildman–Crippen LogP) is 2.74. The van der Waals surface area contributed by atoms with Gasteiger partial charge in [-0.05, 0) is 23.8 Å². The lowest BCUT2D eigenvalue weighted by molar-refractivity contribution is -0.387. The Hall–Kier alpha value is -2.50. The van der Waals surface area contributed by atoms with Crippen molar-refractivity contribution in [3.05, 3.63) is 64.2 Å². The van der Waals surface area contributed by atoms with Crippen LogP contribution in [-0.2, 0) is 6.54 Å². The van der Waals surface area contributed by atoms with Gasteiger partial charge in [-0.2, -0.15) is 4.39 Å². The average Bonchev–Trinajstić information content (AvgIpc) is 2.38. The van der Waals surface area contributed by atoms with E-state index in [1.807, 2.05) is 6.07 Å². The van der Waals surface area contributed by atoms with E-state index < -0.39 is 16.4 Å². The van der Waals surface area contributed by atoms with Gasteiger partial charge in [0.05, 0.1) is 4.92 Å². The highest BCUT2D eigenvalue weighted by Gasteiger charge is 2.13. The SMILES string of the molecule is O=[N+]([O-])c1cc(NCc2cccnc2)ccc1F. The molecule has 0 saturated heterocycles. The number of benzene rings is 1. The van der Waals surface area contributed by atoms with Crippen molar-refractivity contribution in [2.75, 3.05) is 5.32 Å².